The molecule has 2 rings (SSSR count). The van der Waals surface area contributed by atoms with Gasteiger partial charge in [-0.15, -0.1) is 0 Å². The van der Waals surface area contributed by atoms with Gasteiger partial charge in [0.25, 0.3) is 0 Å². The molecule has 0 bridgehead atoms. The summed E-state index contributed by atoms with van der Waals surface area (Å²) in [6.45, 7) is 3.60. The summed E-state index contributed by atoms with van der Waals surface area (Å²) in [5.74, 6) is 0.0357. The molecular formula is C15H15NOS. The lowest BCUT2D eigenvalue weighted by molar-refractivity contribution is 0.101. The first-order valence-electron chi connectivity index (χ1n) is 5.71. The summed E-state index contributed by atoms with van der Waals surface area (Å²) >= 11 is 1.61. The van der Waals surface area contributed by atoms with Crippen LogP contribution < -0.4 is 5.73 Å². The van der Waals surface area contributed by atoms with Gasteiger partial charge in [-0.3, -0.25) is 4.79 Å². The Kier molecular flexibility index (Phi) is 3.72. The summed E-state index contributed by atoms with van der Waals surface area (Å²) in [7, 11) is 0. The molecule has 0 spiro atoms. The quantitative estimate of drug-likeness (QED) is 0.669. The first-order chi connectivity index (χ1) is 8.56. The minimum Gasteiger partial charge on any atom is -0.398 e. The molecule has 0 unspecified atom stereocenters. The molecule has 0 aliphatic carbocycles. The van der Waals surface area contributed by atoms with Gasteiger partial charge in [-0.05, 0) is 38.1 Å². The predicted molar refractivity (Wildman–Crippen MR) is 76.2 cm³/mol. The highest BCUT2D eigenvalue weighted by molar-refractivity contribution is 7.99. The van der Waals surface area contributed by atoms with Gasteiger partial charge < -0.3 is 5.73 Å². The molecule has 0 fully saturated rings. The lowest BCUT2D eigenvalue weighted by atomic mass is 10.1. The van der Waals surface area contributed by atoms with Gasteiger partial charge in [-0.2, -0.15) is 0 Å². The van der Waals surface area contributed by atoms with E-state index in [4.69, 9.17) is 5.73 Å². The average molecular weight is 257 g/mol. The number of nitrogen functional groups attached to an aromatic ring is 1. The Bertz CT molecular complexity index is 576. The van der Waals surface area contributed by atoms with Gasteiger partial charge in [0.15, 0.2) is 5.78 Å². The van der Waals surface area contributed by atoms with E-state index in [0.29, 0.717) is 11.3 Å². The van der Waals surface area contributed by atoms with Crippen molar-refractivity contribution >= 4 is 23.2 Å². The summed E-state index contributed by atoms with van der Waals surface area (Å²) in [6, 6.07) is 13.7. The van der Waals surface area contributed by atoms with E-state index in [0.717, 1.165) is 9.79 Å². The van der Waals surface area contributed by atoms with Crippen LogP contribution in [0.4, 0.5) is 5.69 Å². The van der Waals surface area contributed by atoms with Crippen LogP contribution in [0.3, 0.4) is 0 Å². The Morgan fingerprint density at radius 2 is 1.78 bits per heavy atom. The van der Waals surface area contributed by atoms with Gasteiger partial charge >= 0.3 is 0 Å². The average Bonchev–Trinajstić information content (AvgIpc) is 2.34. The summed E-state index contributed by atoms with van der Waals surface area (Å²) < 4.78 is 0. The molecule has 0 saturated carbocycles. The van der Waals surface area contributed by atoms with Gasteiger partial charge in [0.2, 0.25) is 0 Å². The zero-order valence-electron chi connectivity index (χ0n) is 10.4. The van der Waals surface area contributed by atoms with Crippen LogP contribution in [0.2, 0.25) is 0 Å². The standard InChI is InChI=1S/C15H15NOS/c1-10-3-6-13(7-4-10)18-15-8-5-12(11(2)17)9-14(15)16/h3-9H,16H2,1-2H3. The topological polar surface area (TPSA) is 43.1 Å². The largest absolute Gasteiger partial charge is 0.398 e. The molecule has 0 amide bonds. The molecule has 0 saturated heterocycles. The third-order valence-electron chi connectivity index (χ3n) is 2.67. The van der Waals surface area contributed by atoms with Crippen LogP contribution in [0.25, 0.3) is 0 Å². The van der Waals surface area contributed by atoms with E-state index in [1.807, 2.05) is 12.1 Å². The second kappa shape index (κ2) is 5.27. The van der Waals surface area contributed by atoms with Crippen LogP contribution in [-0.4, -0.2) is 5.78 Å². The number of nitrogens with two attached hydrogens (primary N) is 1. The van der Waals surface area contributed by atoms with E-state index >= 15 is 0 Å². The van der Waals surface area contributed by atoms with E-state index in [1.54, 1.807) is 24.8 Å². The summed E-state index contributed by atoms with van der Waals surface area (Å²) in [5, 5.41) is 0. The molecule has 2 aromatic rings. The lowest BCUT2D eigenvalue weighted by Gasteiger charge is -2.07. The third kappa shape index (κ3) is 2.93. The van der Waals surface area contributed by atoms with Gasteiger partial charge in [0, 0.05) is 21.0 Å². The second-order valence-corrected chi connectivity index (χ2v) is 5.34. The fraction of sp³-hybridized carbons (Fsp3) is 0.133. The number of hydrogen-bond donors (Lipinski definition) is 1. The minimum atomic E-state index is 0.0357. The number of Topliss-reactive ketones (excluding diaryl/α,β-unsaturated/α-hetero) is 1. The van der Waals surface area contributed by atoms with Crippen molar-refractivity contribution in [3.63, 3.8) is 0 Å². The van der Waals surface area contributed by atoms with Crippen molar-refractivity contribution in [2.75, 3.05) is 5.73 Å². The van der Waals surface area contributed by atoms with E-state index < -0.39 is 0 Å². The Morgan fingerprint density at radius 1 is 1.11 bits per heavy atom. The van der Waals surface area contributed by atoms with Crippen LogP contribution in [0.5, 0.6) is 0 Å². The van der Waals surface area contributed by atoms with Crippen molar-refractivity contribution < 1.29 is 4.79 Å². The molecule has 92 valence electrons. The number of aryl methyl sites for hydroxylation is 1. The molecule has 3 heteroatoms. The Morgan fingerprint density at radius 3 is 2.33 bits per heavy atom. The third-order valence-corrected chi connectivity index (χ3v) is 3.76. The number of ketones is 1. The normalized spacial score (nSPS) is 10.3. The number of rotatable bonds is 3. The summed E-state index contributed by atoms with van der Waals surface area (Å²) in [6.07, 6.45) is 0. The van der Waals surface area contributed by atoms with Crippen molar-refractivity contribution in [3.8, 4) is 0 Å². The SMILES string of the molecule is CC(=O)c1ccc(Sc2ccc(C)cc2)c(N)c1. The van der Waals surface area contributed by atoms with E-state index in [-0.39, 0.29) is 5.78 Å². The monoisotopic (exact) mass is 257 g/mol. The molecule has 0 radical (unpaired) electrons. The van der Waals surface area contributed by atoms with Crippen LogP contribution in [0, 0.1) is 6.92 Å². The molecule has 0 aliphatic rings. The molecule has 2 nitrogen and oxygen atoms in total. The summed E-state index contributed by atoms with van der Waals surface area (Å²) in [4.78, 5) is 13.4. The lowest BCUT2D eigenvalue weighted by Crippen LogP contribution is -1.95. The highest BCUT2D eigenvalue weighted by Crippen LogP contribution is 2.32. The number of anilines is 1. The van der Waals surface area contributed by atoms with Crippen molar-refractivity contribution in [3.05, 3.63) is 53.6 Å². The fourth-order valence-corrected chi connectivity index (χ4v) is 2.43. The van der Waals surface area contributed by atoms with Crippen molar-refractivity contribution in [1.82, 2.24) is 0 Å². The Hall–Kier alpha value is -1.74. The first kappa shape index (κ1) is 12.7. The smallest absolute Gasteiger partial charge is 0.159 e. The maximum Gasteiger partial charge on any atom is 0.159 e. The number of carbonyl (C=O) groups excluding carboxylic acids is 1. The van der Waals surface area contributed by atoms with Crippen molar-refractivity contribution in [1.29, 1.82) is 0 Å². The predicted octanol–water partition coefficient (Wildman–Crippen LogP) is 3.93. The molecule has 0 atom stereocenters. The van der Waals surface area contributed by atoms with Crippen molar-refractivity contribution in [2.24, 2.45) is 0 Å². The van der Waals surface area contributed by atoms with Gasteiger partial charge in [0.05, 0.1) is 0 Å². The van der Waals surface area contributed by atoms with Gasteiger partial charge in [-0.1, -0.05) is 35.5 Å². The van der Waals surface area contributed by atoms with Gasteiger partial charge in [-0.25, -0.2) is 0 Å². The maximum atomic E-state index is 11.2. The second-order valence-electron chi connectivity index (χ2n) is 4.22. The molecular weight excluding hydrogens is 242 g/mol. The molecule has 0 heterocycles. The fourth-order valence-electron chi connectivity index (χ4n) is 1.59. The Balaban J connectivity index is 2.24. The number of benzene rings is 2. The first-order valence-corrected chi connectivity index (χ1v) is 6.53. The maximum absolute atomic E-state index is 11.2. The van der Waals surface area contributed by atoms with Crippen LogP contribution in [0.1, 0.15) is 22.8 Å². The van der Waals surface area contributed by atoms with Gasteiger partial charge in [0.1, 0.15) is 0 Å². The number of hydrogen-bond acceptors (Lipinski definition) is 3. The van der Waals surface area contributed by atoms with Crippen molar-refractivity contribution in [2.45, 2.75) is 23.6 Å². The van der Waals surface area contributed by atoms with Crippen LogP contribution in [0.15, 0.2) is 52.3 Å². The van der Waals surface area contributed by atoms with E-state index in [9.17, 15) is 4.79 Å². The zero-order valence-corrected chi connectivity index (χ0v) is 11.3. The van der Waals surface area contributed by atoms with E-state index in [1.165, 1.54) is 5.56 Å². The van der Waals surface area contributed by atoms with Crippen LogP contribution in [-0.2, 0) is 0 Å². The van der Waals surface area contributed by atoms with Crippen LogP contribution >= 0.6 is 11.8 Å². The zero-order chi connectivity index (χ0) is 13.1. The highest BCUT2D eigenvalue weighted by Gasteiger charge is 2.05. The van der Waals surface area contributed by atoms with E-state index in [2.05, 4.69) is 31.2 Å². The molecule has 18 heavy (non-hydrogen) atoms. The molecule has 2 N–H and O–H groups in total. The highest BCUT2D eigenvalue weighted by atomic mass is 32.2. The molecule has 2 aromatic carbocycles. The summed E-state index contributed by atoms with van der Waals surface area (Å²) in [5.41, 5.74) is 8.50. The Labute approximate surface area is 111 Å². The molecule has 0 aromatic heterocycles. The number of carbonyl (C=O) groups is 1. The molecule has 0 aliphatic heterocycles. The minimum absolute atomic E-state index is 0.0357.